The van der Waals surface area contributed by atoms with Gasteiger partial charge in [0.05, 0.1) is 24.5 Å². The molecule has 0 saturated carbocycles. The molecule has 0 radical (unpaired) electrons. The van der Waals surface area contributed by atoms with Gasteiger partial charge in [-0.1, -0.05) is 30.3 Å². The van der Waals surface area contributed by atoms with Gasteiger partial charge in [0.1, 0.15) is 24.2 Å². The molecule has 2 aliphatic heterocycles. The van der Waals surface area contributed by atoms with Gasteiger partial charge in [-0.05, 0) is 26.2 Å². The molecule has 4 aromatic rings. The number of H-pyrrole nitrogens is 1. The number of rotatable bonds is 9. The van der Waals surface area contributed by atoms with E-state index in [1.54, 1.807) is 10.9 Å². The predicted molar refractivity (Wildman–Crippen MR) is 139 cm³/mol. The zero-order valence-electron chi connectivity index (χ0n) is 21.6. The summed E-state index contributed by atoms with van der Waals surface area (Å²) >= 11 is 0. The number of aromatic nitrogens is 6. The average Bonchev–Trinajstić information content (AvgIpc) is 3.74. The first-order valence-electron chi connectivity index (χ1n) is 13.0. The maximum Gasteiger partial charge on any atom is 0.354 e. The fourth-order valence-corrected chi connectivity index (χ4v) is 5.17. The SMILES string of the molecule is CCNC(=O)Nc1ncnc2c1ncn2C1OC(CCCc2nc[nH]c2C(=O)O)C2O[C@H](c3ccccc3)OC21. The third-order valence-corrected chi connectivity index (χ3v) is 6.95. The van der Waals surface area contributed by atoms with Gasteiger partial charge < -0.3 is 29.6 Å². The molecule has 0 bridgehead atoms. The molecular weight excluding hydrogens is 520 g/mol. The number of nitrogens with one attached hydrogen (secondary N) is 3. The Morgan fingerprint density at radius 3 is 2.70 bits per heavy atom. The molecule has 2 saturated heterocycles. The van der Waals surface area contributed by atoms with E-state index in [2.05, 4.69) is 35.6 Å². The van der Waals surface area contributed by atoms with Gasteiger partial charge in [0.25, 0.3) is 0 Å². The predicted octanol–water partition coefficient (Wildman–Crippen LogP) is 2.79. The van der Waals surface area contributed by atoms with E-state index in [0.29, 0.717) is 42.7 Å². The lowest BCUT2D eigenvalue weighted by molar-refractivity contribution is -0.148. The quantitative estimate of drug-likeness (QED) is 0.243. The van der Waals surface area contributed by atoms with Crippen LogP contribution >= 0.6 is 0 Å². The summed E-state index contributed by atoms with van der Waals surface area (Å²) < 4.78 is 21.0. The van der Waals surface area contributed by atoms with Crippen LogP contribution in [0.15, 0.2) is 49.3 Å². The number of fused-ring (bicyclic) bond motifs is 2. The maximum atomic E-state index is 12.1. The number of carboxylic acid groups (broad SMARTS) is 1. The number of benzene rings is 1. The third kappa shape index (κ3) is 4.87. The van der Waals surface area contributed by atoms with Gasteiger partial charge in [-0.15, -0.1) is 0 Å². The van der Waals surface area contributed by atoms with Crippen molar-refractivity contribution in [2.75, 3.05) is 11.9 Å². The van der Waals surface area contributed by atoms with Crippen molar-refractivity contribution in [1.82, 2.24) is 34.8 Å². The molecule has 0 aliphatic carbocycles. The Morgan fingerprint density at radius 1 is 1.07 bits per heavy atom. The number of nitrogens with zero attached hydrogens (tertiary/aromatic N) is 5. The van der Waals surface area contributed by atoms with Crippen LogP contribution < -0.4 is 10.6 Å². The number of aromatic amines is 1. The number of amides is 2. The lowest BCUT2D eigenvalue weighted by Gasteiger charge is -2.21. The summed E-state index contributed by atoms with van der Waals surface area (Å²) in [4.78, 5) is 43.4. The monoisotopic (exact) mass is 548 g/mol. The van der Waals surface area contributed by atoms with Crippen LogP contribution in [0.2, 0.25) is 0 Å². The number of hydrogen-bond acceptors (Lipinski definition) is 9. The molecule has 14 nitrogen and oxygen atoms in total. The summed E-state index contributed by atoms with van der Waals surface area (Å²) in [5, 5.41) is 14.7. The molecular formula is C26H28N8O6. The molecule has 2 amide bonds. The molecule has 40 heavy (non-hydrogen) atoms. The fourth-order valence-electron chi connectivity index (χ4n) is 5.17. The molecule has 4 unspecified atom stereocenters. The van der Waals surface area contributed by atoms with E-state index in [9.17, 15) is 14.7 Å². The van der Waals surface area contributed by atoms with Crippen molar-refractivity contribution < 1.29 is 28.9 Å². The van der Waals surface area contributed by atoms with Gasteiger partial charge in [0.15, 0.2) is 29.5 Å². The van der Waals surface area contributed by atoms with Gasteiger partial charge in [-0.2, -0.15) is 0 Å². The number of carbonyl (C=O) groups is 2. The highest BCUT2D eigenvalue weighted by Gasteiger charge is 2.53. The molecule has 4 N–H and O–H groups in total. The van der Waals surface area contributed by atoms with Crippen molar-refractivity contribution in [2.24, 2.45) is 0 Å². The number of hydrogen-bond donors (Lipinski definition) is 4. The van der Waals surface area contributed by atoms with E-state index < -0.39 is 30.6 Å². The smallest absolute Gasteiger partial charge is 0.354 e. The average molecular weight is 549 g/mol. The first kappa shape index (κ1) is 25.9. The van der Waals surface area contributed by atoms with Crippen molar-refractivity contribution in [3.63, 3.8) is 0 Å². The Labute approximate surface area is 228 Å². The third-order valence-electron chi connectivity index (χ3n) is 6.95. The van der Waals surface area contributed by atoms with E-state index in [-0.39, 0.29) is 23.7 Å². The van der Waals surface area contributed by atoms with Crippen molar-refractivity contribution in [2.45, 2.75) is 57.0 Å². The van der Waals surface area contributed by atoms with Crippen molar-refractivity contribution in [3.05, 3.63) is 66.3 Å². The van der Waals surface area contributed by atoms with E-state index in [1.165, 1.54) is 12.7 Å². The second-order valence-corrected chi connectivity index (χ2v) is 9.46. The second kappa shape index (κ2) is 11.0. The van der Waals surface area contributed by atoms with Gasteiger partial charge in [-0.25, -0.2) is 29.5 Å². The Morgan fingerprint density at radius 2 is 1.90 bits per heavy atom. The van der Waals surface area contributed by atoms with Crippen LogP contribution in [0.4, 0.5) is 10.6 Å². The first-order valence-corrected chi connectivity index (χ1v) is 13.0. The highest BCUT2D eigenvalue weighted by atomic mass is 16.8. The molecule has 5 heterocycles. The number of aromatic carboxylic acids is 1. The Bertz CT molecular complexity index is 1510. The normalized spacial score (nSPS) is 23.8. The van der Waals surface area contributed by atoms with Crippen molar-refractivity contribution in [1.29, 1.82) is 0 Å². The highest BCUT2D eigenvalue weighted by Crippen LogP contribution is 2.46. The highest BCUT2D eigenvalue weighted by molar-refractivity contribution is 5.95. The van der Waals surface area contributed by atoms with Crippen LogP contribution in [0.5, 0.6) is 0 Å². The molecule has 6 rings (SSSR count). The standard InChI is InChI=1S/C26H28N8O6/c1-2-27-26(37)33-21-18-22(31-12-30-21)34(13-32-18)23-20-19(39-25(40-20)14-7-4-3-5-8-14)16(38-23)10-6-9-15-17(24(35)36)29-11-28-15/h3-5,7-8,11-13,16,19-20,23,25H,2,6,9-10H2,1H3,(H,28,29)(H,35,36)(H2,27,30,31,33,37)/t16?,19?,20?,23?,25-/m0/s1. The van der Waals surface area contributed by atoms with Gasteiger partial charge in [0, 0.05) is 12.1 Å². The lowest BCUT2D eigenvalue weighted by atomic mass is 10.0. The van der Waals surface area contributed by atoms with E-state index in [4.69, 9.17) is 14.2 Å². The van der Waals surface area contributed by atoms with Crippen LogP contribution in [0.3, 0.4) is 0 Å². The first-order chi connectivity index (χ1) is 19.5. The number of urea groups is 1. The van der Waals surface area contributed by atoms with Gasteiger partial charge in [0.2, 0.25) is 0 Å². The molecule has 14 heteroatoms. The van der Waals surface area contributed by atoms with Gasteiger partial charge >= 0.3 is 12.0 Å². The molecule has 5 atom stereocenters. The summed E-state index contributed by atoms with van der Waals surface area (Å²) in [6.45, 7) is 2.28. The summed E-state index contributed by atoms with van der Waals surface area (Å²) in [6, 6.07) is 9.28. The van der Waals surface area contributed by atoms with E-state index >= 15 is 0 Å². The van der Waals surface area contributed by atoms with Crippen LogP contribution in [0.25, 0.3) is 11.2 Å². The Balaban J connectivity index is 1.25. The number of carbonyl (C=O) groups excluding carboxylic acids is 1. The zero-order chi connectivity index (χ0) is 27.6. The topological polar surface area (TPSA) is 178 Å². The van der Waals surface area contributed by atoms with Crippen LogP contribution in [0, 0.1) is 0 Å². The minimum Gasteiger partial charge on any atom is -0.477 e. The lowest BCUT2D eigenvalue weighted by Crippen LogP contribution is -2.29. The summed E-state index contributed by atoms with van der Waals surface area (Å²) in [6.07, 6.45) is 3.62. The molecule has 1 aromatic carbocycles. The van der Waals surface area contributed by atoms with Crippen LogP contribution in [-0.4, -0.2) is 71.5 Å². The number of anilines is 1. The van der Waals surface area contributed by atoms with Crippen LogP contribution in [-0.2, 0) is 20.6 Å². The molecule has 2 aliphatic rings. The minimum absolute atomic E-state index is 0.0919. The largest absolute Gasteiger partial charge is 0.477 e. The number of imidazole rings is 2. The maximum absolute atomic E-state index is 12.1. The second-order valence-electron chi connectivity index (χ2n) is 9.46. The molecule has 2 fully saturated rings. The van der Waals surface area contributed by atoms with E-state index in [0.717, 1.165) is 5.56 Å². The van der Waals surface area contributed by atoms with Crippen molar-refractivity contribution in [3.8, 4) is 0 Å². The number of aryl methyl sites for hydroxylation is 1. The van der Waals surface area contributed by atoms with Gasteiger partial charge in [-0.3, -0.25) is 9.88 Å². The van der Waals surface area contributed by atoms with E-state index in [1.807, 2.05) is 37.3 Å². The summed E-state index contributed by atoms with van der Waals surface area (Å²) in [5.41, 5.74) is 2.36. The Kier molecular flexibility index (Phi) is 7.11. The molecule has 208 valence electrons. The summed E-state index contributed by atoms with van der Waals surface area (Å²) in [7, 11) is 0. The molecule has 3 aromatic heterocycles. The van der Waals surface area contributed by atoms with Crippen LogP contribution in [0.1, 0.15) is 54.0 Å². The zero-order valence-corrected chi connectivity index (χ0v) is 21.6. The molecule has 0 spiro atoms. The number of ether oxygens (including phenoxy) is 3. The summed E-state index contributed by atoms with van der Waals surface area (Å²) in [5.74, 6) is -0.766. The number of carboxylic acids is 1. The minimum atomic E-state index is -1.04. The van der Waals surface area contributed by atoms with Crippen molar-refractivity contribution >= 4 is 29.0 Å². The Hall–Kier alpha value is -4.40. The fraction of sp³-hybridized carbons (Fsp3) is 0.385.